The van der Waals surface area contributed by atoms with Crippen LogP contribution in [-0.2, 0) is 0 Å². The number of nitrogens with one attached hydrogen (secondary N) is 1. The molecule has 0 aliphatic rings. The molecule has 2 aromatic rings. The average molecular weight is 351 g/mol. The summed E-state index contributed by atoms with van der Waals surface area (Å²) < 4.78 is 6.39. The lowest BCUT2D eigenvalue weighted by atomic mass is 10.2. The molecule has 0 unspecified atom stereocenters. The number of ether oxygens (including phenoxy) is 1. The van der Waals surface area contributed by atoms with Gasteiger partial charge < -0.3 is 15.8 Å². The van der Waals surface area contributed by atoms with Crippen LogP contribution in [0.1, 0.15) is 12.5 Å². The SMILES string of the molecule is CCOc1cccc(Nc2ccc(C(N)=S)cc2Br)c1. The molecule has 2 aromatic carbocycles. The average Bonchev–Trinajstić information content (AvgIpc) is 2.42. The van der Waals surface area contributed by atoms with E-state index in [1.54, 1.807) is 0 Å². The molecule has 0 saturated heterocycles. The van der Waals surface area contributed by atoms with Gasteiger partial charge in [-0.15, -0.1) is 0 Å². The van der Waals surface area contributed by atoms with E-state index in [-0.39, 0.29) is 0 Å². The van der Waals surface area contributed by atoms with Crippen molar-refractivity contribution in [2.24, 2.45) is 5.73 Å². The summed E-state index contributed by atoms with van der Waals surface area (Å²) in [4.78, 5) is 0.385. The lowest BCUT2D eigenvalue weighted by Crippen LogP contribution is -2.09. The largest absolute Gasteiger partial charge is 0.494 e. The molecule has 0 saturated carbocycles. The zero-order valence-electron chi connectivity index (χ0n) is 11.0. The number of thiocarbonyl (C=S) groups is 1. The van der Waals surface area contributed by atoms with Gasteiger partial charge in [-0.1, -0.05) is 18.3 Å². The van der Waals surface area contributed by atoms with Gasteiger partial charge >= 0.3 is 0 Å². The van der Waals surface area contributed by atoms with E-state index in [1.165, 1.54) is 0 Å². The topological polar surface area (TPSA) is 47.3 Å². The zero-order valence-corrected chi connectivity index (χ0v) is 13.4. The third-order valence-electron chi connectivity index (χ3n) is 2.68. The molecule has 0 amide bonds. The van der Waals surface area contributed by atoms with Crippen molar-refractivity contribution in [1.82, 2.24) is 0 Å². The number of halogens is 1. The van der Waals surface area contributed by atoms with Crippen molar-refractivity contribution in [1.29, 1.82) is 0 Å². The van der Waals surface area contributed by atoms with Crippen LogP contribution in [-0.4, -0.2) is 11.6 Å². The number of hydrogen-bond donors (Lipinski definition) is 2. The first kappa shape index (κ1) is 14.8. The minimum absolute atomic E-state index is 0.385. The van der Waals surface area contributed by atoms with E-state index in [1.807, 2.05) is 49.4 Å². The lowest BCUT2D eigenvalue weighted by Gasteiger charge is -2.11. The van der Waals surface area contributed by atoms with Crippen molar-refractivity contribution in [2.75, 3.05) is 11.9 Å². The summed E-state index contributed by atoms with van der Waals surface area (Å²) in [6, 6.07) is 13.5. The molecule has 20 heavy (non-hydrogen) atoms. The second kappa shape index (κ2) is 6.72. The number of rotatable bonds is 5. The van der Waals surface area contributed by atoms with E-state index in [0.717, 1.165) is 27.2 Å². The van der Waals surface area contributed by atoms with Crippen LogP contribution in [0.2, 0.25) is 0 Å². The first-order valence-corrected chi connectivity index (χ1v) is 7.39. The first-order valence-electron chi connectivity index (χ1n) is 6.19. The van der Waals surface area contributed by atoms with Gasteiger partial charge in [0.05, 0.1) is 12.3 Å². The van der Waals surface area contributed by atoms with Crippen LogP contribution >= 0.6 is 28.1 Å². The highest BCUT2D eigenvalue weighted by molar-refractivity contribution is 9.10. The molecular formula is C15H15BrN2OS. The van der Waals surface area contributed by atoms with Gasteiger partial charge in [-0.05, 0) is 53.2 Å². The molecule has 0 radical (unpaired) electrons. The summed E-state index contributed by atoms with van der Waals surface area (Å²) in [6.07, 6.45) is 0. The Balaban J connectivity index is 2.21. The van der Waals surface area contributed by atoms with Crippen LogP contribution in [0.5, 0.6) is 5.75 Å². The first-order chi connectivity index (χ1) is 9.60. The van der Waals surface area contributed by atoms with Crippen LogP contribution in [0.15, 0.2) is 46.9 Å². The highest BCUT2D eigenvalue weighted by Gasteiger charge is 2.04. The van der Waals surface area contributed by atoms with E-state index in [0.29, 0.717) is 11.6 Å². The van der Waals surface area contributed by atoms with Crippen molar-refractivity contribution in [2.45, 2.75) is 6.92 Å². The molecule has 0 aliphatic heterocycles. The molecule has 0 fully saturated rings. The van der Waals surface area contributed by atoms with Gasteiger partial charge in [0.25, 0.3) is 0 Å². The standard InChI is InChI=1S/C15H15BrN2OS/c1-2-19-12-5-3-4-11(9-12)18-14-7-6-10(15(17)20)8-13(14)16/h3-9,18H,2H2,1H3,(H2,17,20). The predicted molar refractivity (Wildman–Crippen MR) is 90.9 cm³/mol. The molecule has 3 N–H and O–H groups in total. The second-order valence-electron chi connectivity index (χ2n) is 4.14. The molecule has 0 atom stereocenters. The number of hydrogen-bond acceptors (Lipinski definition) is 3. The zero-order chi connectivity index (χ0) is 14.5. The minimum Gasteiger partial charge on any atom is -0.494 e. The van der Waals surface area contributed by atoms with Gasteiger partial charge in [-0.3, -0.25) is 0 Å². The minimum atomic E-state index is 0.385. The van der Waals surface area contributed by atoms with Crippen molar-refractivity contribution < 1.29 is 4.74 Å². The summed E-state index contributed by atoms with van der Waals surface area (Å²) in [5.41, 5.74) is 8.35. The number of nitrogens with two attached hydrogens (primary N) is 1. The molecule has 0 bridgehead atoms. The molecular weight excluding hydrogens is 336 g/mol. The summed E-state index contributed by atoms with van der Waals surface area (Å²) in [7, 11) is 0. The van der Waals surface area contributed by atoms with E-state index < -0.39 is 0 Å². The van der Waals surface area contributed by atoms with Crippen molar-refractivity contribution in [3.63, 3.8) is 0 Å². The molecule has 2 rings (SSSR count). The summed E-state index contributed by atoms with van der Waals surface area (Å²) in [5.74, 6) is 0.841. The van der Waals surface area contributed by atoms with Crippen molar-refractivity contribution >= 4 is 44.5 Å². The van der Waals surface area contributed by atoms with Crippen LogP contribution < -0.4 is 15.8 Å². The Kier molecular flexibility index (Phi) is 4.98. The van der Waals surface area contributed by atoms with Gasteiger partial charge in [-0.2, -0.15) is 0 Å². The predicted octanol–water partition coefficient (Wildman–Crippen LogP) is 4.23. The maximum atomic E-state index is 5.61. The fraction of sp³-hybridized carbons (Fsp3) is 0.133. The molecule has 104 valence electrons. The van der Waals surface area contributed by atoms with Crippen LogP contribution in [0, 0.1) is 0 Å². The highest BCUT2D eigenvalue weighted by atomic mass is 79.9. The van der Waals surface area contributed by atoms with Crippen LogP contribution in [0.4, 0.5) is 11.4 Å². The molecule has 0 spiro atoms. The molecule has 0 heterocycles. The maximum absolute atomic E-state index is 5.61. The molecule has 0 aliphatic carbocycles. The van der Waals surface area contributed by atoms with E-state index in [2.05, 4.69) is 21.2 Å². The Hall–Kier alpha value is -1.59. The Bertz CT molecular complexity index is 631. The monoisotopic (exact) mass is 350 g/mol. The van der Waals surface area contributed by atoms with Gasteiger partial charge in [0.15, 0.2) is 0 Å². The number of benzene rings is 2. The highest BCUT2D eigenvalue weighted by Crippen LogP contribution is 2.28. The van der Waals surface area contributed by atoms with Gasteiger partial charge in [0, 0.05) is 21.8 Å². The molecule has 3 nitrogen and oxygen atoms in total. The Labute approximate surface area is 132 Å². The number of anilines is 2. The van der Waals surface area contributed by atoms with Crippen LogP contribution in [0.25, 0.3) is 0 Å². The third-order valence-corrected chi connectivity index (χ3v) is 3.57. The quantitative estimate of drug-likeness (QED) is 0.792. The lowest BCUT2D eigenvalue weighted by molar-refractivity contribution is 0.340. The Morgan fingerprint density at radius 3 is 2.75 bits per heavy atom. The van der Waals surface area contributed by atoms with E-state index in [9.17, 15) is 0 Å². The normalized spacial score (nSPS) is 10.1. The van der Waals surface area contributed by atoms with Crippen molar-refractivity contribution in [3.8, 4) is 5.75 Å². The smallest absolute Gasteiger partial charge is 0.121 e. The van der Waals surface area contributed by atoms with Gasteiger partial charge in [0.2, 0.25) is 0 Å². The Morgan fingerprint density at radius 2 is 2.10 bits per heavy atom. The summed E-state index contributed by atoms with van der Waals surface area (Å²) in [5, 5.41) is 3.33. The third kappa shape index (κ3) is 3.71. The summed E-state index contributed by atoms with van der Waals surface area (Å²) in [6.45, 7) is 2.61. The van der Waals surface area contributed by atoms with Gasteiger partial charge in [0.1, 0.15) is 10.7 Å². The molecule has 0 aromatic heterocycles. The van der Waals surface area contributed by atoms with Gasteiger partial charge in [-0.25, -0.2) is 0 Å². The van der Waals surface area contributed by atoms with E-state index in [4.69, 9.17) is 22.7 Å². The van der Waals surface area contributed by atoms with Crippen LogP contribution in [0.3, 0.4) is 0 Å². The Morgan fingerprint density at radius 1 is 1.30 bits per heavy atom. The fourth-order valence-corrected chi connectivity index (χ4v) is 2.36. The van der Waals surface area contributed by atoms with Crippen molar-refractivity contribution in [3.05, 3.63) is 52.5 Å². The fourth-order valence-electron chi connectivity index (χ4n) is 1.76. The van der Waals surface area contributed by atoms with E-state index >= 15 is 0 Å². The maximum Gasteiger partial charge on any atom is 0.121 e. The second-order valence-corrected chi connectivity index (χ2v) is 5.44. The molecule has 5 heteroatoms. The summed E-state index contributed by atoms with van der Waals surface area (Å²) >= 11 is 8.47.